The van der Waals surface area contributed by atoms with Crippen LogP contribution in [0.1, 0.15) is 15.6 Å². The third kappa shape index (κ3) is 4.94. The molecule has 7 heteroatoms. The first kappa shape index (κ1) is 14.8. The van der Waals surface area contributed by atoms with Gasteiger partial charge in [-0.05, 0) is 13.8 Å². The standard InChI is InChI=1S/C11H17N5S2/c1-8-9(2)18-10(16-8)6-17-5-4-14-11(13-3)15-7-12/h4-6H2,1-3H3,(H2,13,14,15). The second-order valence-corrected chi connectivity index (χ2v) is 5.93. The summed E-state index contributed by atoms with van der Waals surface area (Å²) in [5, 5.41) is 15.2. The Bertz CT molecular complexity index is 427. The SMILES string of the molecule is CN=C(NC#N)NCCSCc1nc(C)c(C)s1. The van der Waals surface area contributed by atoms with Crippen molar-refractivity contribution in [3.63, 3.8) is 0 Å². The highest BCUT2D eigenvalue weighted by molar-refractivity contribution is 7.98. The smallest absolute Gasteiger partial charge is 0.204 e. The number of rotatable bonds is 5. The van der Waals surface area contributed by atoms with Gasteiger partial charge in [0.25, 0.3) is 0 Å². The van der Waals surface area contributed by atoms with Crippen LogP contribution in [0, 0.1) is 25.3 Å². The second kappa shape index (κ2) is 7.95. The first-order valence-electron chi connectivity index (χ1n) is 5.53. The molecule has 1 aromatic rings. The van der Waals surface area contributed by atoms with Gasteiger partial charge in [0, 0.05) is 30.0 Å². The van der Waals surface area contributed by atoms with Gasteiger partial charge < -0.3 is 5.32 Å². The van der Waals surface area contributed by atoms with Crippen molar-refractivity contribution in [2.45, 2.75) is 19.6 Å². The van der Waals surface area contributed by atoms with E-state index in [-0.39, 0.29) is 0 Å². The van der Waals surface area contributed by atoms with E-state index in [1.165, 1.54) is 9.88 Å². The molecule has 0 spiro atoms. The number of aryl methyl sites for hydroxylation is 2. The lowest BCUT2D eigenvalue weighted by Crippen LogP contribution is -2.35. The molecular weight excluding hydrogens is 266 g/mol. The van der Waals surface area contributed by atoms with Gasteiger partial charge in [0.15, 0.2) is 6.19 Å². The molecule has 0 aliphatic rings. The van der Waals surface area contributed by atoms with E-state index in [1.807, 2.05) is 24.9 Å². The molecule has 1 heterocycles. The van der Waals surface area contributed by atoms with Crippen LogP contribution in [0.5, 0.6) is 0 Å². The third-order valence-electron chi connectivity index (χ3n) is 2.24. The number of guanidine groups is 1. The molecule has 0 fully saturated rings. The largest absolute Gasteiger partial charge is 0.355 e. The van der Waals surface area contributed by atoms with Crippen LogP contribution in [0.25, 0.3) is 0 Å². The number of thioether (sulfide) groups is 1. The topological polar surface area (TPSA) is 73.1 Å². The number of hydrogen-bond donors (Lipinski definition) is 2. The molecule has 1 aromatic heterocycles. The van der Waals surface area contributed by atoms with Crippen LogP contribution in [-0.4, -0.2) is 30.3 Å². The van der Waals surface area contributed by atoms with Gasteiger partial charge in [-0.2, -0.15) is 17.0 Å². The molecule has 0 aliphatic heterocycles. The molecule has 0 aliphatic carbocycles. The molecule has 0 saturated heterocycles. The molecule has 0 saturated carbocycles. The van der Waals surface area contributed by atoms with Crippen molar-refractivity contribution in [2.75, 3.05) is 19.3 Å². The number of thiazole rings is 1. The molecule has 0 atom stereocenters. The van der Waals surface area contributed by atoms with Gasteiger partial charge in [0.1, 0.15) is 5.01 Å². The Kier molecular flexibility index (Phi) is 6.54. The highest BCUT2D eigenvalue weighted by Crippen LogP contribution is 2.20. The van der Waals surface area contributed by atoms with Gasteiger partial charge in [-0.1, -0.05) is 0 Å². The summed E-state index contributed by atoms with van der Waals surface area (Å²) in [6.07, 6.45) is 1.84. The molecule has 0 bridgehead atoms. The number of aliphatic imine (C=N–C) groups is 1. The Morgan fingerprint density at radius 2 is 2.33 bits per heavy atom. The van der Waals surface area contributed by atoms with Crippen molar-refractivity contribution in [1.82, 2.24) is 15.6 Å². The third-order valence-corrected chi connectivity index (χ3v) is 4.46. The lowest BCUT2D eigenvalue weighted by molar-refractivity contribution is 0.931. The summed E-state index contributed by atoms with van der Waals surface area (Å²) in [4.78, 5) is 9.68. The Morgan fingerprint density at radius 1 is 1.56 bits per heavy atom. The summed E-state index contributed by atoms with van der Waals surface area (Å²) in [6, 6.07) is 0. The molecule has 18 heavy (non-hydrogen) atoms. The van der Waals surface area contributed by atoms with E-state index in [2.05, 4.69) is 27.5 Å². The predicted molar refractivity (Wildman–Crippen MR) is 77.9 cm³/mol. The molecule has 1 rings (SSSR count). The quantitative estimate of drug-likeness (QED) is 0.282. The molecule has 0 radical (unpaired) electrons. The highest BCUT2D eigenvalue weighted by atomic mass is 32.2. The summed E-state index contributed by atoms with van der Waals surface area (Å²) < 4.78 is 0. The van der Waals surface area contributed by atoms with Crippen LogP contribution >= 0.6 is 23.1 Å². The average molecular weight is 283 g/mol. The summed E-state index contributed by atoms with van der Waals surface area (Å²) >= 11 is 3.58. The maximum absolute atomic E-state index is 8.45. The van der Waals surface area contributed by atoms with Gasteiger partial charge in [-0.25, -0.2) is 4.98 Å². The number of nitriles is 1. The summed E-state index contributed by atoms with van der Waals surface area (Å²) in [5.74, 6) is 2.40. The van der Waals surface area contributed by atoms with Crippen molar-refractivity contribution in [3.05, 3.63) is 15.6 Å². The maximum atomic E-state index is 8.45. The second-order valence-electron chi connectivity index (χ2n) is 3.54. The summed E-state index contributed by atoms with van der Waals surface area (Å²) in [7, 11) is 1.64. The predicted octanol–water partition coefficient (Wildman–Crippen LogP) is 1.64. The van der Waals surface area contributed by atoms with E-state index >= 15 is 0 Å². The van der Waals surface area contributed by atoms with Crippen molar-refractivity contribution < 1.29 is 0 Å². The van der Waals surface area contributed by atoms with E-state index in [9.17, 15) is 0 Å². The lowest BCUT2D eigenvalue weighted by Gasteiger charge is -2.05. The summed E-state index contributed by atoms with van der Waals surface area (Å²) in [5.41, 5.74) is 1.13. The van der Waals surface area contributed by atoms with Crippen molar-refractivity contribution >= 4 is 29.1 Å². The number of nitrogens with zero attached hydrogens (tertiary/aromatic N) is 3. The van der Waals surface area contributed by atoms with Gasteiger partial charge in [0.05, 0.1) is 5.69 Å². The Labute approximate surface area is 116 Å². The van der Waals surface area contributed by atoms with Crippen LogP contribution < -0.4 is 10.6 Å². The van der Waals surface area contributed by atoms with E-state index in [0.29, 0.717) is 5.96 Å². The number of aromatic nitrogens is 1. The Hall–Kier alpha value is -1.26. The van der Waals surface area contributed by atoms with E-state index in [1.54, 1.807) is 18.4 Å². The summed E-state index contributed by atoms with van der Waals surface area (Å²) in [6.45, 7) is 4.91. The fraction of sp³-hybridized carbons (Fsp3) is 0.545. The van der Waals surface area contributed by atoms with E-state index in [0.717, 1.165) is 23.7 Å². The maximum Gasteiger partial charge on any atom is 0.204 e. The first-order valence-corrected chi connectivity index (χ1v) is 7.51. The Balaban J connectivity index is 2.18. The monoisotopic (exact) mass is 283 g/mol. The fourth-order valence-electron chi connectivity index (χ4n) is 1.23. The number of nitrogens with one attached hydrogen (secondary N) is 2. The van der Waals surface area contributed by atoms with Crippen LogP contribution in [0.2, 0.25) is 0 Å². The van der Waals surface area contributed by atoms with Crippen molar-refractivity contribution in [2.24, 2.45) is 4.99 Å². The molecule has 0 amide bonds. The van der Waals surface area contributed by atoms with Crippen molar-refractivity contribution in [3.8, 4) is 6.19 Å². The van der Waals surface area contributed by atoms with Gasteiger partial charge in [-0.15, -0.1) is 11.3 Å². The molecule has 0 unspecified atom stereocenters. The zero-order valence-corrected chi connectivity index (χ0v) is 12.4. The minimum atomic E-state index is 0.513. The minimum absolute atomic E-state index is 0.513. The van der Waals surface area contributed by atoms with E-state index in [4.69, 9.17) is 5.26 Å². The van der Waals surface area contributed by atoms with Crippen LogP contribution in [0.15, 0.2) is 4.99 Å². The normalized spacial score (nSPS) is 11.1. The van der Waals surface area contributed by atoms with E-state index < -0.39 is 0 Å². The molecule has 5 nitrogen and oxygen atoms in total. The Morgan fingerprint density at radius 3 is 2.89 bits per heavy atom. The van der Waals surface area contributed by atoms with Crippen molar-refractivity contribution in [1.29, 1.82) is 5.26 Å². The average Bonchev–Trinajstić information content (AvgIpc) is 2.67. The molecular formula is C11H17N5S2. The van der Waals surface area contributed by atoms with Gasteiger partial charge >= 0.3 is 0 Å². The fourth-order valence-corrected chi connectivity index (χ4v) is 3.08. The molecule has 2 N–H and O–H groups in total. The van der Waals surface area contributed by atoms with Crippen LogP contribution in [0.4, 0.5) is 0 Å². The van der Waals surface area contributed by atoms with Crippen LogP contribution in [-0.2, 0) is 5.75 Å². The lowest BCUT2D eigenvalue weighted by atomic mass is 10.4. The first-order chi connectivity index (χ1) is 8.67. The zero-order chi connectivity index (χ0) is 13.4. The minimum Gasteiger partial charge on any atom is -0.355 e. The zero-order valence-electron chi connectivity index (χ0n) is 10.8. The number of hydrogen-bond acceptors (Lipinski definition) is 5. The molecule has 0 aromatic carbocycles. The highest BCUT2D eigenvalue weighted by Gasteiger charge is 2.03. The molecule has 98 valence electrons. The van der Waals surface area contributed by atoms with Crippen LogP contribution in [0.3, 0.4) is 0 Å². The van der Waals surface area contributed by atoms with Gasteiger partial charge in [0.2, 0.25) is 5.96 Å². The van der Waals surface area contributed by atoms with Gasteiger partial charge in [-0.3, -0.25) is 10.3 Å².